The van der Waals surface area contributed by atoms with E-state index in [2.05, 4.69) is 16.9 Å². The summed E-state index contributed by atoms with van der Waals surface area (Å²) in [6.07, 6.45) is 2.56. The largest absolute Gasteiger partial charge is 0.447 e. The van der Waals surface area contributed by atoms with Gasteiger partial charge in [0.05, 0.1) is 12.2 Å². The van der Waals surface area contributed by atoms with Gasteiger partial charge in [-0.15, -0.1) is 0 Å². The lowest BCUT2D eigenvalue weighted by Crippen LogP contribution is -2.25. The minimum atomic E-state index is 0.912. The summed E-state index contributed by atoms with van der Waals surface area (Å²) in [6, 6.07) is 0. The standard InChI is InChI=1S/C7H10N2O/c1-9-3-2-6-7(4-9)10-5-8-6/h5H,2-4H2,1H3. The molecular weight excluding hydrogens is 128 g/mol. The van der Waals surface area contributed by atoms with Crippen LogP contribution in [0.1, 0.15) is 11.5 Å². The van der Waals surface area contributed by atoms with Crippen molar-refractivity contribution in [1.29, 1.82) is 0 Å². The molecule has 0 N–H and O–H groups in total. The van der Waals surface area contributed by atoms with Gasteiger partial charge in [-0.1, -0.05) is 0 Å². The molecule has 2 heterocycles. The molecule has 3 heteroatoms. The highest BCUT2D eigenvalue weighted by atomic mass is 16.3. The maximum Gasteiger partial charge on any atom is 0.181 e. The fourth-order valence-corrected chi connectivity index (χ4v) is 1.25. The monoisotopic (exact) mass is 138 g/mol. The third-order valence-electron chi connectivity index (χ3n) is 1.87. The van der Waals surface area contributed by atoms with Crippen molar-refractivity contribution in [3.63, 3.8) is 0 Å². The van der Waals surface area contributed by atoms with Crippen molar-refractivity contribution in [2.45, 2.75) is 13.0 Å². The Hall–Kier alpha value is -0.830. The first-order valence-electron chi connectivity index (χ1n) is 3.46. The molecule has 1 aliphatic heterocycles. The first kappa shape index (κ1) is 5.92. The Bertz CT molecular complexity index is 231. The van der Waals surface area contributed by atoms with Gasteiger partial charge in [0.15, 0.2) is 6.39 Å². The van der Waals surface area contributed by atoms with Crippen LogP contribution in [0, 0.1) is 0 Å². The lowest BCUT2D eigenvalue weighted by Gasteiger charge is -2.19. The Morgan fingerprint density at radius 3 is 3.50 bits per heavy atom. The van der Waals surface area contributed by atoms with E-state index in [0.29, 0.717) is 0 Å². The fraction of sp³-hybridized carbons (Fsp3) is 0.571. The van der Waals surface area contributed by atoms with E-state index in [1.54, 1.807) is 0 Å². The van der Waals surface area contributed by atoms with Crippen LogP contribution in [0.3, 0.4) is 0 Å². The molecule has 0 bridgehead atoms. The summed E-state index contributed by atoms with van der Waals surface area (Å²) in [6.45, 7) is 2.01. The number of fused-ring (bicyclic) bond motifs is 1. The Morgan fingerprint density at radius 1 is 1.70 bits per heavy atom. The first-order valence-corrected chi connectivity index (χ1v) is 3.46. The number of aromatic nitrogens is 1. The summed E-state index contributed by atoms with van der Waals surface area (Å²) in [7, 11) is 2.09. The van der Waals surface area contributed by atoms with E-state index in [4.69, 9.17) is 4.42 Å². The van der Waals surface area contributed by atoms with Crippen molar-refractivity contribution in [2.75, 3.05) is 13.6 Å². The highest BCUT2D eigenvalue weighted by Gasteiger charge is 2.16. The topological polar surface area (TPSA) is 29.3 Å². The van der Waals surface area contributed by atoms with E-state index in [9.17, 15) is 0 Å². The number of hydrogen-bond donors (Lipinski definition) is 0. The van der Waals surface area contributed by atoms with E-state index >= 15 is 0 Å². The molecule has 0 amide bonds. The molecule has 0 atom stereocenters. The predicted octanol–water partition coefficient (Wildman–Crippen LogP) is 0.662. The van der Waals surface area contributed by atoms with Crippen LogP contribution in [0.4, 0.5) is 0 Å². The second kappa shape index (κ2) is 2.09. The molecule has 54 valence electrons. The lowest BCUT2D eigenvalue weighted by atomic mass is 10.2. The zero-order chi connectivity index (χ0) is 6.97. The van der Waals surface area contributed by atoms with Crippen molar-refractivity contribution in [2.24, 2.45) is 0 Å². The number of oxazole rings is 1. The number of rotatable bonds is 0. The van der Waals surface area contributed by atoms with Gasteiger partial charge in [-0.3, -0.25) is 4.90 Å². The first-order chi connectivity index (χ1) is 4.86. The molecule has 0 fully saturated rings. The minimum Gasteiger partial charge on any atom is -0.447 e. The van der Waals surface area contributed by atoms with Crippen molar-refractivity contribution < 1.29 is 4.42 Å². The number of hydrogen-bond acceptors (Lipinski definition) is 3. The summed E-state index contributed by atoms with van der Waals surface area (Å²) < 4.78 is 5.17. The van der Waals surface area contributed by atoms with Crippen molar-refractivity contribution in [1.82, 2.24) is 9.88 Å². The number of likely N-dealkylation sites (N-methyl/N-ethyl adjacent to an activating group) is 1. The molecule has 0 radical (unpaired) electrons. The van der Waals surface area contributed by atoms with Gasteiger partial charge in [-0.2, -0.15) is 0 Å². The maximum atomic E-state index is 5.17. The van der Waals surface area contributed by atoms with Gasteiger partial charge in [0, 0.05) is 13.0 Å². The molecule has 0 spiro atoms. The quantitative estimate of drug-likeness (QED) is 0.527. The van der Waals surface area contributed by atoms with E-state index < -0.39 is 0 Å². The van der Waals surface area contributed by atoms with Crippen LogP contribution in [0.15, 0.2) is 10.8 Å². The zero-order valence-corrected chi connectivity index (χ0v) is 6.00. The zero-order valence-electron chi connectivity index (χ0n) is 6.00. The molecule has 3 nitrogen and oxygen atoms in total. The van der Waals surface area contributed by atoms with Crippen LogP contribution >= 0.6 is 0 Å². The summed E-state index contributed by atoms with van der Waals surface area (Å²) >= 11 is 0. The fourth-order valence-electron chi connectivity index (χ4n) is 1.25. The van der Waals surface area contributed by atoms with Gasteiger partial charge >= 0.3 is 0 Å². The molecule has 0 unspecified atom stereocenters. The molecule has 0 aromatic carbocycles. The maximum absolute atomic E-state index is 5.17. The Kier molecular flexibility index (Phi) is 1.24. The molecule has 10 heavy (non-hydrogen) atoms. The van der Waals surface area contributed by atoms with Gasteiger partial charge in [-0.25, -0.2) is 4.98 Å². The average Bonchev–Trinajstić information content (AvgIpc) is 2.33. The van der Waals surface area contributed by atoms with Gasteiger partial charge in [-0.05, 0) is 7.05 Å². The van der Waals surface area contributed by atoms with Gasteiger partial charge in [0.1, 0.15) is 5.76 Å². The lowest BCUT2D eigenvalue weighted by molar-refractivity contribution is 0.277. The van der Waals surface area contributed by atoms with Crippen LogP contribution < -0.4 is 0 Å². The molecule has 1 aromatic rings. The number of nitrogens with zero attached hydrogens (tertiary/aromatic N) is 2. The normalized spacial score (nSPS) is 18.9. The van der Waals surface area contributed by atoms with Crippen molar-refractivity contribution >= 4 is 0 Å². The van der Waals surface area contributed by atoms with Gasteiger partial charge in [0.2, 0.25) is 0 Å². The molecule has 1 aliphatic rings. The van der Waals surface area contributed by atoms with E-state index in [1.807, 2.05) is 0 Å². The molecule has 1 aromatic heterocycles. The molecule has 2 rings (SSSR count). The van der Waals surface area contributed by atoms with Crippen LogP contribution in [0.2, 0.25) is 0 Å². The molecule has 0 aliphatic carbocycles. The third-order valence-corrected chi connectivity index (χ3v) is 1.87. The van der Waals surface area contributed by atoms with E-state index in [0.717, 1.165) is 31.0 Å². The Morgan fingerprint density at radius 2 is 2.60 bits per heavy atom. The van der Waals surface area contributed by atoms with Crippen molar-refractivity contribution in [3.05, 3.63) is 17.8 Å². The summed E-state index contributed by atoms with van der Waals surface area (Å²) in [4.78, 5) is 6.33. The molecule has 0 saturated carbocycles. The van der Waals surface area contributed by atoms with Crippen molar-refractivity contribution in [3.8, 4) is 0 Å². The minimum absolute atomic E-state index is 0.912. The molecular formula is C7H10N2O. The predicted molar refractivity (Wildman–Crippen MR) is 36.5 cm³/mol. The van der Waals surface area contributed by atoms with Gasteiger partial charge < -0.3 is 4.42 Å². The average molecular weight is 138 g/mol. The summed E-state index contributed by atoms with van der Waals surface area (Å²) in [5, 5.41) is 0. The third kappa shape index (κ3) is 0.827. The SMILES string of the molecule is CN1CCc2ncoc2C1. The van der Waals surface area contributed by atoms with E-state index in [1.165, 1.54) is 6.39 Å². The van der Waals surface area contributed by atoms with Crippen LogP contribution in [0.5, 0.6) is 0 Å². The summed E-state index contributed by atoms with van der Waals surface area (Å²) in [5.74, 6) is 1.04. The van der Waals surface area contributed by atoms with Crippen LogP contribution in [-0.4, -0.2) is 23.5 Å². The second-order valence-electron chi connectivity index (χ2n) is 2.71. The smallest absolute Gasteiger partial charge is 0.181 e. The van der Waals surface area contributed by atoms with Crippen LogP contribution in [0.25, 0.3) is 0 Å². The Balaban J connectivity index is 2.30. The summed E-state index contributed by atoms with van der Waals surface area (Å²) in [5.41, 5.74) is 1.14. The van der Waals surface area contributed by atoms with Crippen LogP contribution in [-0.2, 0) is 13.0 Å². The highest BCUT2D eigenvalue weighted by Crippen LogP contribution is 2.14. The highest BCUT2D eigenvalue weighted by molar-refractivity contribution is 5.10. The van der Waals surface area contributed by atoms with Gasteiger partial charge in [0.25, 0.3) is 0 Å². The van der Waals surface area contributed by atoms with E-state index in [-0.39, 0.29) is 0 Å². The molecule has 0 saturated heterocycles. The Labute approximate surface area is 59.7 Å². The second-order valence-corrected chi connectivity index (χ2v) is 2.71.